The van der Waals surface area contributed by atoms with Crippen LogP contribution in [0.25, 0.3) is 0 Å². The molecule has 1 aromatic rings. The Labute approximate surface area is 82.9 Å². The van der Waals surface area contributed by atoms with Gasteiger partial charge in [-0.15, -0.1) is 0 Å². The van der Waals surface area contributed by atoms with E-state index in [0.29, 0.717) is 6.42 Å². The SMILES string of the molecule is O=C1CC[C@H](Cc2ccccc2)N1O. The highest BCUT2D eigenvalue weighted by Crippen LogP contribution is 2.19. The number of hydrogen-bond donors (Lipinski definition) is 1. The Morgan fingerprint density at radius 3 is 2.64 bits per heavy atom. The minimum absolute atomic E-state index is 0.0371. The molecular weight excluding hydrogens is 178 g/mol. The predicted molar refractivity (Wildman–Crippen MR) is 51.8 cm³/mol. The Hall–Kier alpha value is -1.35. The van der Waals surface area contributed by atoms with Gasteiger partial charge in [-0.05, 0) is 18.4 Å². The molecule has 1 aromatic carbocycles. The van der Waals surface area contributed by atoms with Gasteiger partial charge < -0.3 is 0 Å². The van der Waals surface area contributed by atoms with Crippen molar-refractivity contribution in [3.8, 4) is 0 Å². The van der Waals surface area contributed by atoms with E-state index in [-0.39, 0.29) is 11.9 Å². The molecule has 0 spiro atoms. The van der Waals surface area contributed by atoms with Crippen molar-refractivity contribution in [3.63, 3.8) is 0 Å². The Morgan fingerprint density at radius 2 is 2.07 bits per heavy atom. The van der Waals surface area contributed by atoms with E-state index in [0.717, 1.165) is 23.5 Å². The first-order valence-corrected chi connectivity index (χ1v) is 4.82. The fourth-order valence-electron chi connectivity index (χ4n) is 1.81. The molecule has 2 rings (SSSR count). The van der Waals surface area contributed by atoms with Crippen molar-refractivity contribution in [2.24, 2.45) is 0 Å². The third-order valence-corrected chi connectivity index (χ3v) is 2.61. The zero-order chi connectivity index (χ0) is 9.97. The summed E-state index contributed by atoms with van der Waals surface area (Å²) in [4.78, 5) is 11.1. The zero-order valence-corrected chi connectivity index (χ0v) is 7.89. The van der Waals surface area contributed by atoms with E-state index >= 15 is 0 Å². The van der Waals surface area contributed by atoms with Crippen molar-refractivity contribution in [2.45, 2.75) is 25.3 Å². The molecule has 0 aliphatic carbocycles. The van der Waals surface area contributed by atoms with Crippen LogP contribution in [0.5, 0.6) is 0 Å². The molecule has 0 bridgehead atoms. The van der Waals surface area contributed by atoms with Gasteiger partial charge in [0.05, 0.1) is 6.04 Å². The lowest BCUT2D eigenvalue weighted by atomic mass is 10.1. The first-order chi connectivity index (χ1) is 6.77. The number of nitrogens with zero attached hydrogens (tertiary/aromatic N) is 1. The third kappa shape index (κ3) is 1.77. The van der Waals surface area contributed by atoms with Gasteiger partial charge in [-0.3, -0.25) is 10.0 Å². The highest BCUT2D eigenvalue weighted by Gasteiger charge is 2.29. The van der Waals surface area contributed by atoms with Crippen LogP contribution in [0, 0.1) is 0 Å². The van der Waals surface area contributed by atoms with Crippen molar-refractivity contribution in [1.82, 2.24) is 5.06 Å². The largest absolute Gasteiger partial charge is 0.286 e. The molecule has 1 fully saturated rings. The molecule has 1 saturated heterocycles. The molecule has 3 heteroatoms. The van der Waals surface area contributed by atoms with Crippen LogP contribution in [0.2, 0.25) is 0 Å². The fraction of sp³-hybridized carbons (Fsp3) is 0.364. The molecule has 0 unspecified atom stereocenters. The number of rotatable bonds is 2. The molecule has 0 radical (unpaired) electrons. The van der Waals surface area contributed by atoms with Gasteiger partial charge in [-0.2, -0.15) is 0 Å². The van der Waals surface area contributed by atoms with Crippen LogP contribution in [0.1, 0.15) is 18.4 Å². The van der Waals surface area contributed by atoms with E-state index in [9.17, 15) is 10.0 Å². The van der Waals surface area contributed by atoms with E-state index in [1.54, 1.807) is 0 Å². The number of carbonyl (C=O) groups is 1. The predicted octanol–water partition coefficient (Wildman–Crippen LogP) is 1.61. The van der Waals surface area contributed by atoms with Crippen molar-refractivity contribution in [3.05, 3.63) is 35.9 Å². The van der Waals surface area contributed by atoms with Crippen molar-refractivity contribution in [1.29, 1.82) is 0 Å². The standard InChI is InChI=1S/C11H13NO2/c13-11-7-6-10(12(11)14)8-9-4-2-1-3-5-9/h1-5,10,14H,6-8H2/t10-/m1/s1. The summed E-state index contributed by atoms with van der Waals surface area (Å²) in [6.45, 7) is 0. The number of carbonyl (C=O) groups excluding carboxylic acids is 1. The molecule has 3 nitrogen and oxygen atoms in total. The number of benzene rings is 1. The Bertz CT molecular complexity index is 323. The van der Waals surface area contributed by atoms with Crippen LogP contribution in [-0.4, -0.2) is 22.2 Å². The van der Waals surface area contributed by atoms with Gasteiger partial charge in [0.1, 0.15) is 0 Å². The van der Waals surface area contributed by atoms with E-state index in [1.807, 2.05) is 30.3 Å². The first kappa shape index (κ1) is 9.21. The number of hydroxylamine groups is 2. The van der Waals surface area contributed by atoms with Crippen molar-refractivity contribution in [2.75, 3.05) is 0 Å². The molecule has 1 amide bonds. The molecule has 0 saturated carbocycles. The fourth-order valence-corrected chi connectivity index (χ4v) is 1.81. The average Bonchev–Trinajstić information content (AvgIpc) is 2.52. The van der Waals surface area contributed by atoms with Crippen LogP contribution >= 0.6 is 0 Å². The summed E-state index contributed by atoms with van der Waals surface area (Å²) in [5, 5.41) is 10.3. The van der Waals surface area contributed by atoms with Crippen molar-refractivity contribution >= 4 is 5.91 Å². The maximum absolute atomic E-state index is 11.1. The number of hydrogen-bond acceptors (Lipinski definition) is 2. The van der Waals surface area contributed by atoms with Gasteiger partial charge in [-0.1, -0.05) is 30.3 Å². The van der Waals surface area contributed by atoms with Gasteiger partial charge in [-0.25, -0.2) is 5.06 Å². The second kappa shape index (κ2) is 3.80. The van der Waals surface area contributed by atoms with E-state index in [2.05, 4.69) is 0 Å². The van der Waals surface area contributed by atoms with Crippen LogP contribution in [0.15, 0.2) is 30.3 Å². The Morgan fingerprint density at radius 1 is 1.36 bits per heavy atom. The number of amides is 1. The van der Waals surface area contributed by atoms with Crippen LogP contribution < -0.4 is 0 Å². The van der Waals surface area contributed by atoms with Gasteiger partial charge in [0.2, 0.25) is 5.91 Å². The maximum Gasteiger partial charge on any atom is 0.246 e. The van der Waals surface area contributed by atoms with Gasteiger partial charge >= 0.3 is 0 Å². The van der Waals surface area contributed by atoms with Crippen LogP contribution in [-0.2, 0) is 11.2 Å². The highest BCUT2D eigenvalue weighted by molar-refractivity contribution is 5.77. The minimum atomic E-state index is -0.161. The second-order valence-corrected chi connectivity index (χ2v) is 3.62. The average molecular weight is 191 g/mol. The lowest BCUT2D eigenvalue weighted by Gasteiger charge is -2.17. The molecule has 0 aromatic heterocycles. The summed E-state index contributed by atoms with van der Waals surface area (Å²) in [6, 6.07) is 9.87. The molecule has 1 atom stereocenters. The van der Waals surface area contributed by atoms with E-state index in [1.165, 1.54) is 0 Å². The van der Waals surface area contributed by atoms with Gasteiger partial charge in [0.25, 0.3) is 0 Å². The van der Waals surface area contributed by atoms with Crippen LogP contribution in [0.4, 0.5) is 0 Å². The first-order valence-electron chi connectivity index (χ1n) is 4.82. The monoisotopic (exact) mass is 191 g/mol. The summed E-state index contributed by atoms with van der Waals surface area (Å²) in [7, 11) is 0. The highest BCUT2D eigenvalue weighted by atomic mass is 16.5. The summed E-state index contributed by atoms with van der Waals surface area (Å²) in [5.74, 6) is -0.161. The van der Waals surface area contributed by atoms with Crippen LogP contribution in [0.3, 0.4) is 0 Å². The molecule has 74 valence electrons. The molecule has 1 aliphatic heterocycles. The summed E-state index contributed by atoms with van der Waals surface area (Å²) < 4.78 is 0. The zero-order valence-electron chi connectivity index (χ0n) is 7.89. The smallest absolute Gasteiger partial charge is 0.246 e. The third-order valence-electron chi connectivity index (χ3n) is 2.61. The lowest BCUT2D eigenvalue weighted by Crippen LogP contribution is -2.30. The lowest BCUT2D eigenvalue weighted by molar-refractivity contribution is -0.165. The van der Waals surface area contributed by atoms with Gasteiger partial charge in [0, 0.05) is 6.42 Å². The molecule has 1 aliphatic rings. The molecular formula is C11H13NO2. The Balaban J connectivity index is 2.02. The van der Waals surface area contributed by atoms with E-state index in [4.69, 9.17) is 0 Å². The van der Waals surface area contributed by atoms with E-state index < -0.39 is 0 Å². The summed E-state index contributed by atoms with van der Waals surface area (Å²) in [6.07, 6.45) is 1.96. The van der Waals surface area contributed by atoms with Crippen molar-refractivity contribution < 1.29 is 10.0 Å². The quantitative estimate of drug-likeness (QED) is 0.721. The minimum Gasteiger partial charge on any atom is -0.286 e. The maximum atomic E-state index is 11.1. The molecule has 1 N–H and O–H groups in total. The normalized spacial score (nSPS) is 21.6. The second-order valence-electron chi connectivity index (χ2n) is 3.62. The molecule has 14 heavy (non-hydrogen) atoms. The summed E-state index contributed by atoms with van der Waals surface area (Å²) >= 11 is 0. The summed E-state index contributed by atoms with van der Waals surface area (Å²) in [5.41, 5.74) is 1.16. The molecule has 1 heterocycles. The van der Waals surface area contributed by atoms with Gasteiger partial charge in [0.15, 0.2) is 0 Å². The topological polar surface area (TPSA) is 40.5 Å². The Kier molecular flexibility index (Phi) is 2.50.